The third-order valence-electron chi connectivity index (χ3n) is 15.4. The lowest BCUT2D eigenvalue weighted by Crippen LogP contribution is -2.63. The highest BCUT2D eigenvalue weighted by Crippen LogP contribution is 2.23. The molecule has 1 aliphatic heterocycles. The number of aliphatic hydroxyl groups excluding tert-OH is 3. The second-order valence-corrected chi connectivity index (χ2v) is 23.7. The molecule has 1 aliphatic rings. The van der Waals surface area contributed by atoms with Crippen LogP contribution in [0.2, 0.25) is 0 Å². The van der Waals surface area contributed by atoms with Crippen LogP contribution in [-0.4, -0.2) is 225 Å². The first kappa shape index (κ1) is 75.6. The van der Waals surface area contributed by atoms with Crippen LogP contribution in [0.1, 0.15) is 97.0 Å². The van der Waals surface area contributed by atoms with Gasteiger partial charge in [-0.1, -0.05) is 32.0 Å². The molecule has 0 radical (unpaired) electrons. The number of guanidine groups is 1. The second kappa shape index (κ2) is 35.8. The number of likely N-dealkylation sites (tertiary alicyclic amines) is 1. The fourth-order valence-electron chi connectivity index (χ4n) is 10.4. The number of hydrogen-bond acceptors (Lipinski definition) is 19. The Morgan fingerprint density at radius 1 is 0.611 bits per heavy atom. The minimum absolute atomic E-state index is 0.00148. The number of amides is 11. The van der Waals surface area contributed by atoms with Gasteiger partial charge in [0.1, 0.15) is 60.4 Å². The molecule has 1 aromatic carbocycles. The van der Waals surface area contributed by atoms with Crippen LogP contribution in [0, 0.1) is 5.92 Å². The van der Waals surface area contributed by atoms with Crippen LogP contribution in [0.25, 0.3) is 10.9 Å². The fourth-order valence-corrected chi connectivity index (χ4v) is 10.4. The second-order valence-electron chi connectivity index (χ2n) is 23.7. The number of para-hydroxylation sites is 1. The smallest absolute Gasteiger partial charge is 0.305 e. The van der Waals surface area contributed by atoms with Crippen molar-refractivity contribution in [3.05, 3.63) is 72.5 Å². The van der Waals surface area contributed by atoms with Crippen LogP contribution in [0.15, 0.2) is 60.5 Å². The number of nitrogens with two attached hydrogens (primary N) is 4. The summed E-state index contributed by atoms with van der Waals surface area (Å²) in [5.41, 5.74) is 24.5. The maximum absolute atomic E-state index is 14.9. The van der Waals surface area contributed by atoms with Crippen molar-refractivity contribution >= 4 is 87.8 Å². The van der Waals surface area contributed by atoms with Gasteiger partial charge < -0.3 is 111 Å². The Morgan fingerprint density at radius 3 is 1.65 bits per heavy atom. The number of H-pyrrole nitrogens is 3. The van der Waals surface area contributed by atoms with Gasteiger partial charge in [0.05, 0.1) is 43.4 Å². The van der Waals surface area contributed by atoms with Crippen molar-refractivity contribution in [3.63, 3.8) is 0 Å². The van der Waals surface area contributed by atoms with Gasteiger partial charge in [-0.3, -0.25) is 62.5 Å². The molecule has 0 bridgehead atoms. The topological polar surface area (TPSA) is 587 Å². The molecular formula is C59H88N20O16. The van der Waals surface area contributed by atoms with Crippen molar-refractivity contribution in [2.24, 2.45) is 33.8 Å². The van der Waals surface area contributed by atoms with Gasteiger partial charge in [-0.05, 0) is 77.3 Å². The Balaban J connectivity index is 1.38. The predicted octanol–water partition coefficient (Wildman–Crippen LogP) is -6.45. The summed E-state index contributed by atoms with van der Waals surface area (Å²) < 4.78 is 0. The molecule has 36 heteroatoms. The van der Waals surface area contributed by atoms with Gasteiger partial charge in [-0.25, -0.2) is 9.97 Å². The maximum Gasteiger partial charge on any atom is 0.305 e. The molecule has 24 N–H and O–H groups in total. The Kier molecular flexibility index (Phi) is 28.5. The third kappa shape index (κ3) is 22.9. The molecule has 0 unspecified atom stereocenters. The van der Waals surface area contributed by atoms with E-state index in [4.69, 9.17) is 22.9 Å². The number of imidazole rings is 2. The van der Waals surface area contributed by atoms with Gasteiger partial charge >= 0.3 is 5.97 Å². The van der Waals surface area contributed by atoms with E-state index in [9.17, 15) is 78.0 Å². The van der Waals surface area contributed by atoms with Crippen LogP contribution >= 0.6 is 0 Å². The zero-order valence-electron chi connectivity index (χ0n) is 53.4. The number of nitrogens with zero attached hydrogens (tertiary/aromatic N) is 4. The number of aliphatic carboxylic acids is 1. The highest BCUT2D eigenvalue weighted by Gasteiger charge is 2.42. The quantitative estimate of drug-likeness (QED) is 0.0113. The molecule has 4 heterocycles. The maximum atomic E-state index is 14.9. The fraction of sp³-hybridized carbons (Fsp3) is 0.542. The highest BCUT2D eigenvalue weighted by atomic mass is 16.4. The first-order valence-corrected chi connectivity index (χ1v) is 30.7. The number of carboxylic acids is 1. The number of benzene rings is 1. The molecule has 95 heavy (non-hydrogen) atoms. The van der Waals surface area contributed by atoms with Crippen molar-refractivity contribution in [1.82, 2.24) is 77.7 Å². The van der Waals surface area contributed by atoms with E-state index in [1.54, 1.807) is 30.5 Å². The number of aromatic nitrogens is 5. The van der Waals surface area contributed by atoms with Crippen LogP contribution in [0.4, 0.5) is 0 Å². The predicted molar refractivity (Wildman–Crippen MR) is 338 cm³/mol. The van der Waals surface area contributed by atoms with E-state index in [1.807, 2.05) is 13.8 Å². The lowest BCUT2D eigenvalue weighted by molar-refractivity contribution is -0.142. The molecule has 14 atom stereocenters. The number of aromatic amines is 3. The van der Waals surface area contributed by atoms with E-state index < -0.39 is 162 Å². The monoisotopic (exact) mass is 1330 g/mol. The minimum Gasteiger partial charge on any atom is -0.481 e. The molecule has 520 valence electrons. The number of carboxylic acid groups (broad SMARTS) is 1. The van der Waals surface area contributed by atoms with Crippen molar-refractivity contribution < 1.29 is 78.0 Å². The summed E-state index contributed by atoms with van der Waals surface area (Å²) in [5.74, 6) is -12.8. The van der Waals surface area contributed by atoms with Crippen LogP contribution in [-0.2, 0) is 76.8 Å². The molecule has 11 amide bonds. The first-order valence-electron chi connectivity index (χ1n) is 30.7. The highest BCUT2D eigenvalue weighted by molar-refractivity contribution is 6.00. The first-order chi connectivity index (χ1) is 44.8. The summed E-state index contributed by atoms with van der Waals surface area (Å²) in [7, 11) is 0. The van der Waals surface area contributed by atoms with Crippen molar-refractivity contribution in [2.75, 3.05) is 13.1 Å². The summed E-state index contributed by atoms with van der Waals surface area (Å²) >= 11 is 0. The van der Waals surface area contributed by atoms with Crippen molar-refractivity contribution in [3.8, 4) is 0 Å². The number of aliphatic imine (C=N–C) groups is 1. The Hall–Kier alpha value is -10.1. The number of nitrogens with one attached hydrogen (secondary N) is 12. The van der Waals surface area contributed by atoms with Gasteiger partial charge in [0.25, 0.3) is 0 Å². The molecule has 5 rings (SSSR count). The van der Waals surface area contributed by atoms with E-state index in [1.165, 1.54) is 43.8 Å². The van der Waals surface area contributed by atoms with Crippen LogP contribution in [0.3, 0.4) is 0 Å². The number of carbonyl (C=O) groups is 12. The van der Waals surface area contributed by atoms with Crippen molar-refractivity contribution in [2.45, 2.75) is 184 Å². The van der Waals surface area contributed by atoms with E-state index in [2.05, 4.69) is 77.8 Å². The summed E-state index contributed by atoms with van der Waals surface area (Å²) in [4.78, 5) is 187. The van der Waals surface area contributed by atoms with Gasteiger partial charge in [-0.2, -0.15) is 0 Å². The lowest BCUT2D eigenvalue weighted by atomic mass is 10.0. The van der Waals surface area contributed by atoms with E-state index in [0.717, 1.165) is 24.8 Å². The SMILES string of the molecule is CC(C)C[C@H](N)C(=O)N[C@@H](C)C(=O)N[C@@H](CC(=O)O)C(=O)N[C@H](C(=O)N[C@H](C(=O)N[C@@H](Cc1cnc[nH]1)C(=O)N[C@@H](Cc1cnc[nH]1)C(=O)N[C@@H](CCCN=C(N)N)C(=O)N1CCC[C@H]1C(=O)N[C@@H](Cc1c[nH]c2ccccc12)C(=O)N[C@H](C(N)=O)[C@@H](C)O)[C@@H](C)O)[C@@H](C)O. The lowest BCUT2D eigenvalue weighted by Gasteiger charge is -2.31. The Morgan fingerprint density at radius 2 is 1.12 bits per heavy atom. The molecule has 3 aromatic heterocycles. The zero-order chi connectivity index (χ0) is 70.4. The molecule has 0 saturated carbocycles. The zero-order valence-corrected chi connectivity index (χ0v) is 53.4. The largest absolute Gasteiger partial charge is 0.481 e. The number of aliphatic hydroxyl groups is 3. The van der Waals surface area contributed by atoms with E-state index in [0.29, 0.717) is 11.3 Å². The van der Waals surface area contributed by atoms with Crippen LogP contribution < -0.4 is 70.8 Å². The molecule has 0 aliphatic carbocycles. The third-order valence-corrected chi connectivity index (χ3v) is 15.4. The van der Waals surface area contributed by atoms with Gasteiger partial charge in [-0.15, -0.1) is 0 Å². The number of hydrogen-bond donors (Lipinski definition) is 20. The number of carbonyl (C=O) groups excluding carboxylic acids is 11. The summed E-state index contributed by atoms with van der Waals surface area (Å²) in [6.07, 6.45) is 0.589. The Bertz CT molecular complexity index is 3330. The molecule has 1 saturated heterocycles. The van der Waals surface area contributed by atoms with Crippen LogP contribution in [0.5, 0.6) is 0 Å². The van der Waals surface area contributed by atoms with E-state index >= 15 is 0 Å². The average molecular weight is 1330 g/mol. The molecular weight excluding hydrogens is 1240 g/mol. The van der Waals surface area contributed by atoms with Gasteiger partial charge in [0.2, 0.25) is 65.0 Å². The van der Waals surface area contributed by atoms with E-state index in [-0.39, 0.29) is 82.0 Å². The minimum atomic E-state index is -1.99. The van der Waals surface area contributed by atoms with Gasteiger partial charge in [0, 0.05) is 73.2 Å². The molecule has 1 fully saturated rings. The summed E-state index contributed by atoms with van der Waals surface area (Å²) in [5, 5.41) is 64.3. The Labute approximate surface area is 545 Å². The number of fused-ring (bicyclic) bond motifs is 1. The summed E-state index contributed by atoms with van der Waals surface area (Å²) in [6.45, 7) is 8.26. The molecule has 36 nitrogen and oxygen atoms in total. The summed E-state index contributed by atoms with van der Waals surface area (Å²) in [6, 6.07) is -9.92. The van der Waals surface area contributed by atoms with Gasteiger partial charge in [0.15, 0.2) is 5.96 Å². The molecule has 0 spiro atoms. The number of rotatable bonds is 37. The van der Waals surface area contributed by atoms with Crippen molar-refractivity contribution in [1.29, 1.82) is 0 Å². The average Bonchev–Trinajstić information content (AvgIpc) is 1.74. The number of primary amides is 1. The molecule has 4 aromatic rings. The standard InChI is InChI=1S/C59H88N20O16/c1-27(2)17-36(60)50(87)70-28(3)49(86)72-42(21-44(83)84)54(91)77-47(31(6)82)57(94)78-46(30(5)81)56(93)75-41(20-34-24-65-26-69-34)52(89)73-40(19-33-23-64-25-68-33)51(88)71-38(13-9-15-66-59(62)63)58(95)79-16-10-14-43(79)55(92)74-39(53(90)76-45(29(4)80)48(61)85)18-32-22-67-37-12-8-7-11-35(32)37/h7-8,11-12,22-31,36,38-43,45-47,67,80-82H,9-10,13-21,60H2,1-6H3,(H2,61,85)(H,64,68)(H,65,69)(H,70,87)(H,71,88)(H,72,86)(H,73,89)(H,74,92)(H,75,93)(H,76,90)(H,77,91)(H,78,94)(H,83,84)(H4,62,63,66)/t28-,29+,30+,31+,36-,38-,39-,40-,41-,42-,43-,45-,46-,47-/m0/s1. The normalized spacial score (nSPS) is 17.0.